The molecule has 0 aliphatic rings. The fraction of sp³-hybridized carbons (Fsp3) is 0.417. The number of nitrogens with zero attached hydrogens (tertiary/aromatic N) is 1. The van der Waals surface area contributed by atoms with Crippen LogP contribution in [0.4, 0.5) is 5.82 Å². The van der Waals surface area contributed by atoms with Gasteiger partial charge in [0.25, 0.3) is 0 Å². The lowest BCUT2D eigenvalue weighted by atomic mass is 10.2. The standard InChI is InChI=1S/C12H15BrN2/c1-3-4-5-6-7-14-12-8-10(2)11(13)9-15-12/h1,8-9H,4-7H2,2H3,(H,14,15). The van der Waals surface area contributed by atoms with Crippen LogP contribution in [0.1, 0.15) is 24.8 Å². The van der Waals surface area contributed by atoms with Crippen molar-refractivity contribution in [2.45, 2.75) is 26.2 Å². The maximum Gasteiger partial charge on any atom is 0.126 e. The number of aryl methyl sites for hydroxylation is 1. The van der Waals surface area contributed by atoms with Crippen molar-refractivity contribution in [1.82, 2.24) is 4.98 Å². The number of halogens is 1. The van der Waals surface area contributed by atoms with Gasteiger partial charge in [-0.25, -0.2) is 4.98 Å². The number of anilines is 1. The molecule has 1 aromatic heterocycles. The average Bonchev–Trinajstić information content (AvgIpc) is 2.23. The summed E-state index contributed by atoms with van der Waals surface area (Å²) >= 11 is 3.42. The van der Waals surface area contributed by atoms with E-state index in [0.29, 0.717) is 0 Å². The first-order valence-corrected chi connectivity index (χ1v) is 5.83. The molecular weight excluding hydrogens is 252 g/mol. The third-order valence-electron chi connectivity index (χ3n) is 2.10. The summed E-state index contributed by atoms with van der Waals surface area (Å²) in [6.45, 7) is 2.98. The fourth-order valence-corrected chi connectivity index (χ4v) is 1.42. The van der Waals surface area contributed by atoms with E-state index in [9.17, 15) is 0 Å². The van der Waals surface area contributed by atoms with Crippen LogP contribution < -0.4 is 5.32 Å². The zero-order chi connectivity index (χ0) is 11.1. The lowest BCUT2D eigenvalue weighted by Gasteiger charge is -2.06. The van der Waals surface area contributed by atoms with Gasteiger partial charge in [-0.15, -0.1) is 12.3 Å². The zero-order valence-electron chi connectivity index (χ0n) is 8.89. The van der Waals surface area contributed by atoms with Crippen LogP contribution in [0.5, 0.6) is 0 Å². The van der Waals surface area contributed by atoms with E-state index in [0.717, 1.165) is 36.1 Å². The second kappa shape index (κ2) is 6.47. The van der Waals surface area contributed by atoms with Crippen LogP contribution in [0.15, 0.2) is 16.7 Å². The molecule has 0 aliphatic heterocycles. The van der Waals surface area contributed by atoms with Crippen molar-refractivity contribution in [3.63, 3.8) is 0 Å². The van der Waals surface area contributed by atoms with Gasteiger partial charge in [-0.2, -0.15) is 0 Å². The summed E-state index contributed by atoms with van der Waals surface area (Å²) in [5.74, 6) is 3.56. The molecule has 0 aliphatic carbocycles. The lowest BCUT2D eigenvalue weighted by Crippen LogP contribution is -2.03. The van der Waals surface area contributed by atoms with E-state index < -0.39 is 0 Å². The van der Waals surface area contributed by atoms with Gasteiger partial charge in [0, 0.05) is 23.6 Å². The highest BCUT2D eigenvalue weighted by atomic mass is 79.9. The van der Waals surface area contributed by atoms with Gasteiger partial charge < -0.3 is 5.32 Å². The SMILES string of the molecule is C#CCCCCNc1cc(C)c(Br)cn1. The number of hydrogen-bond acceptors (Lipinski definition) is 2. The van der Waals surface area contributed by atoms with E-state index in [1.165, 1.54) is 5.56 Å². The van der Waals surface area contributed by atoms with Gasteiger partial charge in [0.2, 0.25) is 0 Å². The molecule has 0 aromatic carbocycles. The van der Waals surface area contributed by atoms with E-state index in [1.807, 2.05) is 12.3 Å². The van der Waals surface area contributed by atoms with Crippen LogP contribution in [0.2, 0.25) is 0 Å². The third-order valence-corrected chi connectivity index (χ3v) is 2.93. The quantitative estimate of drug-likeness (QED) is 0.653. The maximum absolute atomic E-state index is 5.17. The third kappa shape index (κ3) is 4.35. The van der Waals surface area contributed by atoms with Gasteiger partial charge in [-0.05, 0) is 47.3 Å². The highest BCUT2D eigenvalue weighted by Crippen LogP contribution is 2.17. The number of rotatable bonds is 5. The van der Waals surface area contributed by atoms with E-state index in [1.54, 1.807) is 0 Å². The lowest BCUT2D eigenvalue weighted by molar-refractivity contribution is 0.787. The molecule has 0 saturated heterocycles. The molecule has 2 nitrogen and oxygen atoms in total. The Balaban J connectivity index is 2.32. The predicted molar refractivity (Wildman–Crippen MR) is 67.8 cm³/mol. The summed E-state index contributed by atoms with van der Waals surface area (Å²) < 4.78 is 1.04. The van der Waals surface area contributed by atoms with E-state index in [-0.39, 0.29) is 0 Å². The molecule has 0 radical (unpaired) electrons. The molecule has 15 heavy (non-hydrogen) atoms. The number of nitrogens with one attached hydrogen (secondary N) is 1. The van der Waals surface area contributed by atoms with Crippen LogP contribution in [-0.4, -0.2) is 11.5 Å². The number of hydrogen-bond donors (Lipinski definition) is 1. The van der Waals surface area contributed by atoms with Crippen molar-refractivity contribution >= 4 is 21.7 Å². The Kier molecular flexibility index (Phi) is 5.20. The zero-order valence-corrected chi connectivity index (χ0v) is 10.5. The summed E-state index contributed by atoms with van der Waals surface area (Å²) in [6.07, 6.45) is 10.00. The molecule has 80 valence electrons. The molecule has 1 N–H and O–H groups in total. The van der Waals surface area contributed by atoms with Crippen LogP contribution in [-0.2, 0) is 0 Å². The minimum absolute atomic E-state index is 0.856. The number of aromatic nitrogens is 1. The molecule has 0 fully saturated rings. The molecule has 1 rings (SSSR count). The van der Waals surface area contributed by atoms with Crippen LogP contribution >= 0.6 is 15.9 Å². The van der Waals surface area contributed by atoms with Gasteiger partial charge in [-0.1, -0.05) is 0 Å². The first-order chi connectivity index (χ1) is 7.24. The largest absolute Gasteiger partial charge is 0.370 e. The first kappa shape index (κ1) is 12.1. The van der Waals surface area contributed by atoms with Crippen molar-refractivity contribution in [3.8, 4) is 12.3 Å². The Morgan fingerprint density at radius 3 is 3.00 bits per heavy atom. The Labute approximate surface area is 99.6 Å². The molecule has 0 saturated carbocycles. The second-order valence-electron chi connectivity index (χ2n) is 3.41. The molecule has 1 heterocycles. The van der Waals surface area contributed by atoms with E-state index in [2.05, 4.69) is 39.1 Å². The molecule has 3 heteroatoms. The molecule has 0 amide bonds. The van der Waals surface area contributed by atoms with Gasteiger partial charge in [-0.3, -0.25) is 0 Å². The molecule has 0 unspecified atom stereocenters. The Hall–Kier alpha value is -1.01. The Bertz CT molecular complexity index is 355. The van der Waals surface area contributed by atoms with Crippen molar-refractivity contribution in [2.24, 2.45) is 0 Å². The summed E-state index contributed by atoms with van der Waals surface area (Å²) in [6, 6.07) is 2.03. The highest BCUT2D eigenvalue weighted by Gasteiger charge is 1.97. The van der Waals surface area contributed by atoms with Crippen molar-refractivity contribution in [2.75, 3.05) is 11.9 Å². The Morgan fingerprint density at radius 2 is 2.33 bits per heavy atom. The van der Waals surface area contributed by atoms with Crippen molar-refractivity contribution in [1.29, 1.82) is 0 Å². The molecule has 0 spiro atoms. The second-order valence-corrected chi connectivity index (χ2v) is 4.26. The van der Waals surface area contributed by atoms with Crippen LogP contribution in [0.25, 0.3) is 0 Å². The summed E-state index contributed by atoms with van der Waals surface area (Å²) in [5.41, 5.74) is 1.19. The predicted octanol–water partition coefficient (Wildman–Crippen LogP) is 3.37. The van der Waals surface area contributed by atoms with Crippen molar-refractivity contribution in [3.05, 3.63) is 22.3 Å². The van der Waals surface area contributed by atoms with Crippen LogP contribution in [0.3, 0.4) is 0 Å². The number of unbranched alkanes of at least 4 members (excludes halogenated alkanes) is 2. The number of terminal acetylenes is 1. The monoisotopic (exact) mass is 266 g/mol. The molecule has 1 aromatic rings. The van der Waals surface area contributed by atoms with Gasteiger partial charge in [0.05, 0.1) is 0 Å². The van der Waals surface area contributed by atoms with Crippen LogP contribution in [0, 0.1) is 19.3 Å². The van der Waals surface area contributed by atoms with Gasteiger partial charge in [0.15, 0.2) is 0 Å². The smallest absolute Gasteiger partial charge is 0.126 e. The normalized spacial score (nSPS) is 9.67. The molecule has 0 atom stereocenters. The topological polar surface area (TPSA) is 24.9 Å². The maximum atomic E-state index is 5.17. The summed E-state index contributed by atoms with van der Waals surface area (Å²) in [4.78, 5) is 4.26. The Morgan fingerprint density at radius 1 is 1.53 bits per heavy atom. The minimum atomic E-state index is 0.856. The van der Waals surface area contributed by atoms with Gasteiger partial charge >= 0.3 is 0 Å². The van der Waals surface area contributed by atoms with E-state index in [4.69, 9.17) is 6.42 Å². The highest BCUT2D eigenvalue weighted by molar-refractivity contribution is 9.10. The minimum Gasteiger partial charge on any atom is -0.370 e. The van der Waals surface area contributed by atoms with E-state index >= 15 is 0 Å². The summed E-state index contributed by atoms with van der Waals surface area (Å²) in [5, 5.41) is 3.27. The van der Waals surface area contributed by atoms with Crippen molar-refractivity contribution < 1.29 is 0 Å². The van der Waals surface area contributed by atoms with Gasteiger partial charge in [0.1, 0.15) is 5.82 Å². The first-order valence-electron chi connectivity index (χ1n) is 5.03. The number of pyridine rings is 1. The molecule has 0 bridgehead atoms. The summed E-state index contributed by atoms with van der Waals surface area (Å²) in [7, 11) is 0. The fourth-order valence-electron chi connectivity index (χ4n) is 1.20. The molecular formula is C12H15BrN2. The average molecular weight is 267 g/mol.